The number of anilines is 2. The minimum atomic E-state index is -0.131. The molecule has 0 bridgehead atoms. The summed E-state index contributed by atoms with van der Waals surface area (Å²) in [4.78, 5) is 0. The van der Waals surface area contributed by atoms with E-state index >= 15 is 0 Å². The van der Waals surface area contributed by atoms with E-state index in [0.717, 1.165) is 11.4 Å². The molecule has 0 heterocycles. The lowest BCUT2D eigenvalue weighted by Gasteiger charge is -2.22. The van der Waals surface area contributed by atoms with Crippen LogP contribution in [0.2, 0.25) is 0 Å². The summed E-state index contributed by atoms with van der Waals surface area (Å²) in [5.41, 5.74) is 17.3. The fourth-order valence-electron chi connectivity index (χ4n) is 7.99. The molecule has 0 radical (unpaired) electrons. The zero-order valence-electron chi connectivity index (χ0n) is 28.3. The van der Waals surface area contributed by atoms with Gasteiger partial charge < -0.3 is 5.32 Å². The van der Waals surface area contributed by atoms with Crippen LogP contribution in [0.4, 0.5) is 11.4 Å². The van der Waals surface area contributed by atoms with Crippen LogP contribution in [0.3, 0.4) is 0 Å². The number of rotatable bonds is 6. The molecule has 0 aromatic heterocycles. The van der Waals surface area contributed by atoms with Gasteiger partial charge in [-0.2, -0.15) is 0 Å². The summed E-state index contributed by atoms with van der Waals surface area (Å²) in [5, 5.41) is 6.31. The van der Waals surface area contributed by atoms with Gasteiger partial charge in [0.25, 0.3) is 0 Å². The zero-order valence-corrected chi connectivity index (χ0v) is 28.3. The van der Waals surface area contributed by atoms with Gasteiger partial charge in [0.1, 0.15) is 0 Å². The molecule has 0 atom stereocenters. The molecule has 1 N–H and O–H groups in total. The number of hydrogen-bond acceptors (Lipinski definition) is 1. The highest BCUT2D eigenvalue weighted by Gasteiger charge is 2.37. The van der Waals surface area contributed by atoms with Crippen LogP contribution >= 0.6 is 0 Å². The Morgan fingerprint density at radius 2 is 0.900 bits per heavy atom. The first-order valence-corrected chi connectivity index (χ1v) is 17.4. The first kappa shape index (κ1) is 29.9. The van der Waals surface area contributed by atoms with E-state index in [2.05, 4.69) is 201 Å². The van der Waals surface area contributed by atoms with E-state index in [1.54, 1.807) is 0 Å². The zero-order chi connectivity index (χ0) is 33.7. The van der Waals surface area contributed by atoms with Gasteiger partial charge in [0.05, 0.1) is 0 Å². The predicted octanol–water partition coefficient (Wildman–Crippen LogP) is 13.6. The molecule has 1 nitrogen and oxygen atoms in total. The van der Waals surface area contributed by atoms with Gasteiger partial charge in [-0.15, -0.1) is 0 Å². The smallest absolute Gasteiger partial charge is 0.0463 e. The summed E-state index contributed by atoms with van der Waals surface area (Å²) >= 11 is 0. The number of fused-ring (bicyclic) bond motifs is 4. The summed E-state index contributed by atoms with van der Waals surface area (Å²) in [6, 6.07) is 66.0. The second kappa shape index (κ2) is 12.1. The van der Waals surface area contributed by atoms with Crippen molar-refractivity contribution in [2.24, 2.45) is 0 Å². The molecule has 0 aliphatic heterocycles. The molecule has 9 rings (SSSR count). The van der Waals surface area contributed by atoms with Crippen LogP contribution in [0.25, 0.3) is 66.4 Å². The lowest BCUT2D eigenvalue weighted by Crippen LogP contribution is -2.15. The molecule has 0 unspecified atom stereocenters. The van der Waals surface area contributed by atoms with Crippen molar-refractivity contribution >= 4 is 22.1 Å². The molecule has 0 saturated carbocycles. The van der Waals surface area contributed by atoms with Crippen LogP contribution < -0.4 is 5.32 Å². The quantitative estimate of drug-likeness (QED) is 0.191. The maximum atomic E-state index is 3.76. The molecule has 1 aliphatic rings. The Labute approximate surface area is 294 Å². The molecule has 0 saturated heterocycles. The molecular formula is C49H37N. The van der Waals surface area contributed by atoms with Crippen molar-refractivity contribution in [3.05, 3.63) is 193 Å². The van der Waals surface area contributed by atoms with E-state index in [0.29, 0.717) is 0 Å². The maximum Gasteiger partial charge on any atom is 0.0463 e. The van der Waals surface area contributed by atoms with E-state index in [-0.39, 0.29) is 5.41 Å². The third-order valence-electron chi connectivity index (χ3n) is 10.5. The van der Waals surface area contributed by atoms with Gasteiger partial charge in [0.2, 0.25) is 0 Å². The Morgan fingerprint density at radius 3 is 1.58 bits per heavy atom. The average Bonchev–Trinajstić information content (AvgIpc) is 3.41. The average molecular weight is 640 g/mol. The highest BCUT2D eigenvalue weighted by atomic mass is 14.9. The molecular weight excluding hydrogens is 603 g/mol. The van der Waals surface area contributed by atoms with Crippen LogP contribution in [-0.2, 0) is 5.41 Å². The SMILES string of the molecule is CC1(C)c2cc(Nc3ccccc3-c3ccccc3)ccc2-c2c(-c3ccc(-c4cccc5cccc(-c6ccccc6)c45)cc3)cccc21. The van der Waals surface area contributed by atoms with E-state index in [1.807, 2.05) is 0 Å². The highest BCUT2D eigenvalue weighted by Crippen LogP contribution is 2.53. The Morgan fingerprint density at radius 1 is 0.380 bits per heavy atom. The summed E-state index contributed by atoms with van der Waals surface area (Å²) < 4.78 is 0. The Kier molecular flexibility index (Phi) is 7.21. The molecule has 0 fully saturated rings. The van der Waals surface area contributed by atoms with Gasteiger partial charge in [0, 0.05) is 22.4 Å². The normalized spacial score (nSPS) is 12.8. The molecule has 1 heteroatoms. The summed E-state index contributed by atoms with van der Waals surface area (Å²) in [7, 11) is 0. The van der Waals surface area contributed by atoms with E-state index in [4.69, 9.17) is 0 Å². The molecule has 0 spiro atoms. The maximum absolute atomic E-state index is 3.76. The third-order valence-corrected chi connectivity index (χ3v) is 10.5. The van der Waals surface area contributed by atoms with Gasteiger partial charge in [-0.3, -0.25) is 0 Å². The predicted molar refractivity (Wildman–Crippen MR) is 213 cm³/mol. The summed E-state index contributed by atoms with van der Waals surface area (Å²) in [5.74, 6) is 0. The van der Waals surface area contributed by atoms with Crippen LogP contribution in [0.1, 0.15) is 25.0 Å². The molecule has 1 aliphatic carbocycles. The van der Waals surface area contributed by atoms with Crippen LogP contribution in [0.5, 0.6) is 0 Å². The Hall–Kier alpha value is -6.18. The lowest BCUT2D eigenvalue weighted by molar-refractivity contribution is 0.661. The Balaban J connectivity index is 1.09. The molecule has 0 amide bonds. The lowest BCUT2D eigenvalue weighted by atomic mass is 9.81. The van der Waals surface area contributed by atoms with Crippen LogP contribution in [-0.4, -0.2) is 0 Å². The van der Waals surface area contributed by atoms with Crippen molar-refractivity contribution in [2.75, 3.05) is 5.32 Å². The standard InChI is InChI=1S/C49H37N/c1-49(2)44-24-13-23-42(48(44)43-31-30-38(32-45(43)49)50-46-25-10-9-20-39(46)33-14-5-3-6-15-33)36-28-26-35(27-29-36)41-22-12-19-37-18-11-21-40(47(37)41)34-16-7-4-8-17-34/h3-32,50H,1-2H3. The first-order valence-electron chi connectivity index (χ1n) is 17.4. The molecule has 8 aromatic rings. The van der Waals surface area contributed by atoms with Gasteiger partial charge in [-0.1, -0.05) is 178 Å². The third kappa shape index (κ3) is 5.02. The van der Waals surface area contributed by atoms with Crippen molar-refractivity contribution in [3.63, 3.8) is 0 Å². The van der Waals surface area contributed by atoms with Crippen molar-refractivity contribution in [1.29, 1.82) is 0 Å². The van der Waals surface area contributed by atoms with Gasteiger partial charge in [0.15, 0.2) is 0 Å². The fraction of sp³-hybridized carbons (Fsp3) is 0.0612. The van der Waals surface area contributed by atoms with E-state index in [1.165, 1.54) is 77.5 Å². The largest absolute Gasteiger partial charge is 0.355 e. The van der Waals surface area contributed by atoms with Crippen LogP contribution in [0, 0.1) is 0 Å². The van der Waals surface area contributed by atoms with Crippen molar-refractivity contribution in [3.8, 4) is 55.6 Å². The summed E-state index contributed by atoms with van der Waals surface area (Å²) in [6.07, 6.45) is 0. The van der Waals surface area contributed by atoms with E-state index < -0.39 is 0 Å². The summed E-state index contributed by atoms with van der Waals surface area (Å²) in [6.45, 7) is 4.72. The number of para-hydroxylation sites is 1. The van der Waals surface area contributed by atoms with Crippen molar-refractivity contribution in [2.45, 2.75) is 19.3 Å². The van der Waals surface area contributed by atoms with Gasteiger partial charge in [-0.25, -0.2) is 0 Å². The minimum absolute atomic E-state index is 0.131. The topological polar surface area (TPSA) is 12.0 Å². The Bertz CT molecular complexity index is 2500. The highest BCUT2D eigenvalue weighted by molar-refractivity contribution is 6.06. The molecule has 8 aromatic carbocycles. The number of hydrogen-bond donors (Lipinski definition) is 1. The fourth-order valence-corrected chi connectivity index (χ4v) is 7.99. The minimum Gasteiger partial charge on any atom is -0.355 e. The van der Waals surface area contributed by atoms with Crippen LogP contribution in [0.15, 0.2) is 182 Å². The van der Waals surface area contributed by atoms with Crippen molar-refractivity contribution in [1.82, 2.24) is 0 Å². The monoisotopic (exact) mass is 639 g/mol. The second-order valence-corrected chi connectivity index (χ2v) is 13.8. The van der Waals surface area contributed by atoms with Gasteiger partial charge in [-0.05, 0) is 90.2 Å². The van der Waals surface area contributed by atoms with Crippen molar-refractivity contribution < 1.29 is 0 Å². The first-order chi connectivity index (χ1) is 24.6. The number of nitrogens with one attached hydrogen (secondary N) is 1. The van der Waals surface area contributed by atoms with E-state index in [9.17, 15) is 0 Å². The second-order valence-electron chi connectivity index (χ2n) is 13.8. The molecule has 238 valence electrons. The molecule has 50 heavy (non-hydrogen) atoms. The van der Waals surface area contributed by atoms with Gasteiger partial charge >= 0.3 is 0 Å². The number of benzene rings is 8.